The number of pyridine rings is 1. The standard InChI is InChI=1S/C18H19F3N8O2S/c1-9-3-4-11(13(24-9)18(19,20)21)25-17(30)31-28-5-6-29(10(2)7-28)14-12-15(32-8-23-12)27-16(22)26-14/h3-4,8,10H,5-7H2,1-2H3,(H,25,30)(H2,22,26,27)/t10-/m0/s1. The second-order valence-electron chi connectivity index (χ2n) is 7.19. The number of aryl methyl sites for hydroxylation is 1. The Morgan fingerprint density at radius 3 is 2.78 bits per heavy atom. The van der Waals surface area contributed by atoms with E-state index in [4.69, 9.17) is 10.6 Å². The van der Waals surface area contributed by atoms with Crippen molar-refractivity contribution in [3.8, 4) is 0 Å². The highest BCUT2D eigenvalue weighted by molar-refractivity contribution is 7.16. The van der Waals surface area contributed by atoms with Gasteiger partial charge in [0, 0.05) is 18.3 Å². The first-order chi connectivity index (χ1) is 15.1. The number of aromatic nitrogens is 4. The van der Waals surface area contributed by atoms with Gasteiger partial charge >= 0.3 is 12.3 Å². The molecule has 0 bridgehead atoms. The summed E-state index contributed by atoms with van der Waals surface area (Å²) in [6, 6.07) is 2.37. The van der Waals surface area contributed by atoms with Crippen LogP contribution in [0.15, 0.2) is 17.6 Å². The average molecular weight is 468 g/mol. The van der Waals surface area contributed by atoms with Crippen molar-refractivity contribution >= 4 is 45.2 Å². The lowest BCUT2D eigenvalue weighted by Gasteiger charge is -2.39. The van der Waals surface area contributed by atoms with E-state index < -0.39 is 23.7 Å². The molecule has 170 valence electrons. The summed E-state index contributed by atoms with van der Waals surface area (Å²) in [4.78, 5) is 36.4. The number of carbonyl (C=O) groups excluding carboxylic acids is 1. The predicted octanol–water partition coefficient (Wildman–Crippen LogP) is 3.06. The zero-order valence-electron chi connectivity index (χ0n) is 17.0. The topological polar surface area (TPSA) is 122 Å². The number of carbonyl (C=O) groups is 1. The van der Waals surface area contributed by atoms with Crippen molar-refractivity contribution in [2.24, 2.45) is 0 Å². The number of hydroxylamine groups is 2. The van der Waals surface area contributed by atoms with Gasteiger partial charge in [-0.3, -0.25) is 5.32 Å². The van der Waals surface area contributed by atoms with Gasteiger partial charge in [-0.2, -0.15) is 18.2 Å². The van der Waals surface area contributed by atoms with Crippen LogP contribution in [0, 0.1) is 6.92 Å². The van der Waals surface area contributed by atoms with Gasteiger partial charge in [0.05, 0.1) is 24.3 Å². The number of fused-ring (bicyclic) bond motifs is 1. The first-order valence-electron chi connectivity index (χ1n) is 9.54. The van der Waals surface area contributed by atoms with E-state index >= 15 is 0 Å². The van der Waals surface area contributed by atoms with E-state index in [0.717, 1.165) is 6.07 Å². The Balaban J connectivity index is 1.43. The molecule has 0 aromatic carbocycles. The number of nitrogens with one attached hydrogen (secondary N) is 1. The molecule has 14 heteroatoms. The van der Waals surface area contributed by atoms with Crippen molar-refractivity contribution < 1.29 is 22.8 Å². The summed E-state index contributed by atoms with van der Waals surface area (Å²) in [5.41, 5.74) is 6.64. The van der Waals surface area contributed by atoms with Gasteiger partial charge < -0.3 is 15.5 Å². The molecule has 0 aliphatic carbocycles. The molecule has 0 unspecified atom stereocenters. The molecule has 10 nitrogen and oxygen atoms in total. The molecular formula is C18H19F3N8O2S. The van der Waals surface area contributed by atoms with E-state index in [0.29, 0.717) is 35.8 Å². The van der Waals surface area contributed by atoms with Crippen molar-refractivity contribution in [3.05, 3.63) is 29.0 Å². The largest absolute Gasteiger partial charge is 0.435 e. The van der Waals surface area contributed by atoms with Gasteiger partial charge in [-0.05, 0) is 26.0 Å². The SMILES string of the molecule is Cc1ccc(NC(=O)ON2CCN(c3nc(N)nc4scnc34)[C@@H](C)C2)c(C(F)(F)F)n1. The number of anilines is 3. The third kappa shape index (κ3) is 4.50. The van der Waals surface area contributed by atoms with Gasteiger partial charge in [0.1, 0.15) is 5.52 Å². The lowest BCUT2D eigenvalue weighted by Crippen LogP contribution is -2.53. The molecule has 0 saturated carbocycles. The van der Waals surface area contributed by atoms with Crippen molar-refractivity contribution in [2.45, 2.75) is 26.1 Å². The highest BCUT2D eigenvalue weighted by Gasteiger charge is 2.36. The number of nitrogen functional groups attached to an aromatic ring is 1. The number of hydrogen-bond acceptors (Lipinski definition) is 10. The van der Waals surface area contributed by atoms with Crippen LogP contribution in [-0.4, -0.2) is 56.8 Å². The molecule has 1 amide bonds. The number of piperazine rings is 1. The summed E-state index contributed by atoms with van der Waals surface area (Å²) < 4.78 is 39.6. The smallest absolute Gasteiger partial charge is 0.368 e. The number of amides is 1. The average Bonchev–Trinajstić information content (AvgIpc) is 3.16. The molecule has 1 aliphatic heterocycles. The van der Waals surface area contributed by atoms with Crippen LogP contribution < -0.4 is 16.0 Å². The Morgan fingerprint density at radius 1 is 1.28 bits per heavy atom. The summed E-state index contributed by atoms with van der Waals surface area (Å²) in [5.74, 6) is 0.722. The molecule has 4 heterocycles. The maximum Gasteiger partial charge on any atom is 0.435 e. The quantitative estimate of drug-likeness (QED) is 0.597. The fraction of sp³-hybridized carbons (Fsp3) is 0.389. The van der Waals surface area contributed by atoms with E-state index in [9.17, 15) is 18.0 Å². The first-order valence-corrected chi connectivity index (χ1v) is 10.4. The Kier molecular flexibility index (Phi) is 5.73. The molecule has 1 aliphatic rings. The molecule has 4 rings (SSSR count). The lowest BCUT2D eigenvalue weighted by molar-refractivity contribution is -0.140. The Bertz CT molecular complexity index is 1150. The number of halogens is 3. The first kappa shape index (κ1) is 22.0. The predicted molar refractivity (Wildman–Crippen MR) is 112 cm³/mol. The zero-order valence-corrected chi connectivity index (χ0v) is 17.9. The van der Waals surface area contributed by atoms with Crippen LogP contribution in [0.3, 0.4) is 0 Å². The summed E-state index contributed by atoms with van der Waals surface area (Å²) in [7, 11) is 0. The molecule has 3 aromatic rings. The number of thiazole rings is 1. The molecule has 32 heavy (non-hydrogen) atoms. The molecular weight excluding hydrogens is 449 g/mol. The molecule has 1 atom stereocenters. The molecule has 3 aromatic heterocycles. The van der Waals surface area contributed by atoms with Gasteiger partial charge in [-0.25, -0.2) is 19.7 Å². The maximum atomic E-state index is 13.2. The Morgan fingerprint density at radius 2 is 2.06 bits per heavy atom. The minimum Gasteiger partial charge on any atom is -0.368 e. The van der Waals surface area contributed by atoms with Crippen LogP contribution in [0.2, 0.25) is 0 Å². The van der Waals surface area contributed by atoms with Crippen LogP contribution in [0.5, 0.6) is 0 Å². The summed E-state index contributed by atoms with van der Waals surface area (Å²) in [6.07, 6.45) is -5.75. The number of rotatable bonds is 3. The Hall–Kier alpha value is -3.26. The minimum absolute atomic E-state index is 0.134. The fourth-order valence-electron chi connectivity index (χ4n) is 3.41. The molecule has 1 fully saturated rings. The summed E-state index contributed by atoms with van der Waals surface area (Å²) in [5, 5.41) is 3.52. The van der Waals surface area contributed by atoms with Gasteiger partial charge in [-0.1, -0.05) is 0 Å². The number of nitrogens with two attached hydrogens (primary N) is 1. The number of hydrogen-bond donors (Lipinski definition) is 2. The molecule has 3 N–H and O–H groups in total. The van der Waals surface area contributed by atoms with Gasteiger partial charge in [0.2, 0.25) is 5.95 Å². The van der Waals surface area contributed by atoms with E-state index in [2.05, 4.69) is 25.3 Å². The lowest BCUT2D eigenvalue weighted by atomic mass is 10.2. The fourth-order valence-corrected chi connectivity index (χ4v) is 4.07. The van der Waals surface area contributed by atoms with Crippen molar-refractivity contribution in [3.63, 3.8) is 0 Å². The van der Waals surface area contributed by atoms with Crippen molar-refractivity contribution in [2.75, 3.05) is 35.6 Å². The molecule has 0 radical (unpaired) electrons. The van der Waals surface area contributed by atoms with Crippen LogP contribution in [-0.2, 0) is 11.0 Å². The van der Waals surface area contributed by atoms with Crippen molar-refractivity contribution in [1.29, 1.82) is 0 Å². The summed E-state index contributed by atoms with van der Waals surface area (Å²) >= 11 is 1.35. The molecule has 1 saturated heterocycles. The zero-order chi connectivity index (χ0) is 23.0. The van der Waals surface area contributed by atoms with Crippen LogP contribution >= 0.6 is 11.3 Å². The van der Waals surface area contributed by atoms with Gasteiger partial charge in [0.25, 0.3) is 0 Å². The Labute approximate surface area is 184 Å². The normalized spacial score (nSPS) is 17.5. The van der Waals surface area contributed by atoms with E-state index in [1.807, 2.05) is 11.8 Å². The van der Waals surface area contributed by atoms with Crippen LogP contribution in [0.1, 0.15) is 18.3 Å². The third-order valence-electron chi connectivity index (χ3n) is 4.81. The third-order valence-corrected chi connectivity index (χ3v) is 5.53. The monoisotopic (exact) mass is 468 g/mol. The maximum absolute atomic E-state index is 13.2. The van der Waals surface area contributed by atoms with Gasteiger partial charge in [-0.15, -0.1) is 16.4 Å². The van der Waals surface area contributed by atoms with Gasteiger partial charge in [0.15, 0.2) is 16.3 Å². The highest BCUT2D eigenvalue weighted by Crippen LogP contribution is 2.33. The van der Waals surface area contributed by atoms with Crippen LogP contribution in [0.25, 0.3) is 10.3 Å². The number of nitrogens with zero attached hydrogens (tertiary/aromatic N) is 6. The minimum atomic E-state index is -4.71. The highest BCUT2D eigenvalue weighted by atomic mass is 32.1. The van der Waals surface area contributed by atoms with E-state index in [1.165, 1.54) is 29.4 Å². The second kappa shape index (κ2) is 8.35. The molecule has 0 spiro atoms. The summed E-state index contributed by atoms with van der Waals surface area (Å²) in [6.45, 7) is 4.35. The second-order valence-corrected chi connectivity index (χ2v) is 8.03. The number of alkyl halides is 3. The van der Waals surface area contributed by atoms with E-state index in [1.54, 1.807) is 5.51 Å². The van der Waals surface area contributed by atoms with Crippen LogP contribution in [0.4, 0.5) is 35.4 Å². The van der Waals surface area contributed by atoms with Crippen molar-refractivity contribution in [1.82, 2.24) is 25.0 Å². The van der Waals surface area contributed by atoms with E-state index in [-0.39, 0.29) is 17.7 Å².